The fourth-order valence-corrected chi connectivity index (χ4v) is 4.36. The third kappa shape index (κ3) is 2.32. The lowest BCUT2D eigenvalue weighted by Crippen LogP contribution is -2.30. The first kappa shape index (κ1) is 15.3. The molecule has 0 aromatic carbocycles. The van der Waals surface area contributed by atoms with Gasteiger partial charge in [-0.2, -0.15) is 10.1 Å². The zero-order valence-corrected chi connectivity index (χ0v) is 14.8. The Morgan fingerprint density at radius 3 is 3.04 bits per heavy atom. The average molecular weight is 345 g/mol. The molecule has 4 heterocycles. The van der Waals surface area contributed by atoms with Crippen molar-refractivity contribution < 1.29 is 9.32 Å². The zero-order chi connectivity index (χ0) is 16.8. The van der Waals surface area contributed by atoms with Crippen LogP contribution in [-0.2, 0) is 13.5 Å². The fourth-order valence-electron chi connectivity index (χ4n) is 3.28. The summed E-state index contributed by atoms with van der Waals surface area (Å²) in [7, 11) is 1.91. The average Bonchev–Trinajstić information content (AvgIpc) is 3.33. The molecule has 1 unspecified atom stereocenters. The highest BCUT2D eigenvalue weighted by atomic mass is 32.1. The number of rotatable bonds is 3. The number of likely N-dealkylation sites (tertiary alicyclic amines) is 1. The van der Waals surface area contributed by atoms with Gasteiger partial charge in [0.05, 0.1) is 16.6 Å². The summed E-state index contributed by atoms with van der Waals surface area (Å²) >= 11 is 1.49. The second kappa shape index (κ2) is 5.70. The maximum Gasteiger partial charge on any atom is 0.264 e. The number of carbonyl (C=O) groups excluding carboxylic acids is 1. The zero-order valence-electron chi connectivity index (χ0n) is 13.9. The number of aromatic nitrogens is 4. The molecular weight excluding hydrogens is 326 g/mol. The van der Waals surface area contributed by atoms with Gasteiger partial charge in [0.2, 0.25) is 5.89 Å². The molecule has 1 saturated heterocycles. The summed E-state index contributed by atoms with van der Waals surface area (Å²) in [4.78, 5) is 21.1. The molecule has 0 aliphatic carbocycles. The summed E-state index contributed by atoms with van der Waals surface area (Å²) in [5.41, 5.74) is 0.950. The molecule has 1 fully saturated rings. The van der Waals surface area contributed by atoms with Crippen LogP contribution in [0.4, 0.5) is 0 Å². The van der Waals surface area contributed by atoms with Crippen LogP contribution >= 0.6 is 11.3 Å². The molecule has 3 aromatic rings. The maximum atomic E-state index is 13.0. The van der Waals surface area contributed by atoms with Gasteiger partial charge in [0, 0.05) is 25.4 Å². The number of nitrogens with zero attached hydrogens (tertiary/aromatic N) is 5. The molecule has 1 atom stereocenters. The molecular formula is C16H19N5O2S. The largest absolute Gasteiger partial charge is 0.339 e. The molecule has 0 spiro atoms. The Morgan fingerprint density at radius 1 is 1.50 bits per heavy atom. The van der Waals surface area contributed by atoms with Crippen LogP contribution in [0.5, 0.6) is 0 Å². The number of hydrogen-bond acceptors (Lipinski definition) is 6. The van der Waals surface area contributed by atoms with Crippen LogP contribution < -0.4 is 0 Å². The summed E-state index contributed by atoms with van der Waals surface area (Å²) in [6, 6.07) is 1.86. The van der Waals surface area contributed by atoms with Gasteiger partial charge in [-0.1, -0.05) is 12.1 Å². The van der Waals surface area contributed by atoms with Gasteiger partial charge in [-0.25, -0.2) is 0 Å². The summed E-state index contributed by atoms with van der Waals surface area (Å²) in [5, 5.41) is 9.51. The maximum absolute atomic E-state index is 13.0. The minimum absolute atomic E-state index is 0.0425. The van der Waals surface area contributed by atoms with Gasteiger partial charge in [-0.05, 0) is 25.8 Å². The number of carbonyl (C=O) groups is 1. The van der Waals surface area contributed by atoms with E-state index in [0.717, 1.165) is 40.2 Å². The van der Waals surface area contributed by atoms with Gasteiger partial charge in [0.15, 0.2) is 5.82 Å². The van der Waals surface area contributed by atoms with Gasteiger partial charge in [0.25, 0.3) is 5.91 Å². The molecule has 1 amide bonds. The van der Waals surface area contributed by atoms with E-state index in [2.05, 4.69) is 15.2 Å². The molecule has 0 N–H and O–H groups in total. The van der Waals surface area contributed by atoms with Crippen LogP contribution in [-0.4, -0.2) is 37.3 Å². The van der Waals surface area contributed by atoms with E-state index in [1.54, 1.807) is 0 Å². The Bertz CT molecular complexity index is 874. The highest BCUT2D eigenvalue weighted by Crippen LogP contribution is 2.35. The van der Waals surface area contributed by atoms with Crippen molar-refractivity contribution in [1.29, 1.82) is 0 Å². The number of thiophene rings is 1. The standard InChI is InChI=1S/C16H19N5O2S/c1-4-13-17-14(19-23-13)11-6-5-7-21(11)15(22)12-8-10-9(2)18-20(3)16(10)24-12/h8,11H,4-7H2,1-3H3. The van der Waals surface area contributed by atoms with E-state index in [4.69, 9.17) is 4.52 Å². The Balaban J connectivity index is 1.65. The highest BCUT2D eigenvalue weighted by Gasteiger charge is 2.34. The topological polar surface area (TPSA) is 77.1 Å². The molecule has 24 heavy (non-hydrogen) atoms. The summed E-state index contributed by atoms with van der Waals surface area (Å²) < 4.78 is 7.05. The fraction of sp³-hybridized carbons (Fsp3) is 0.500. The van der Waals surface area contributed by atoms with Gasteiger partial charge < -0.3 is 9.42 Å². The quantitative estimate of drug-likeness (QED) is 0.729. The summed E-state index contributed by atoms with van der Waals surface area (Å²) in [5.74, 6) is 1.28. The number of amides is 1. The Kier molecular flexibility index (Phi) is 3.64. The lowest BCUT2D eigenvalue weighted by Gasteiger charge is -2.21. The van der Waals surface area contributed by atoms with Crippen molar-refractivity contribution >= 4 is 27.5 Å². The Labute approximate surface area is 143 Å². The van der Waals surface area contributed by atoms with Crippen LogP contribution in [0.15, 0.2) is 10.6 Å². The second-order valence-electron chi connectivity index (χ2n) is 6.09. The lowest BCUT2D eigenvalue weighted by atomic mass is 10.2. The molecule has 0 radical (unpaired) electrons. The van der Waals surface area contributed by atoms with Crippen molar-refractivity contribution in [3.8, 4) is 0 Å². The van der Waals surface area contributed by atoms with Crippen molar-refractivity contribution in [2.24, 2.45) is 7.05 Å². The van der Waals surface area contributed by atoms with Crippen LogP contribution in [0.2, 0.25) is 0 Å². The Hall–Kier alpha value is -2.22. The third-order valence-corrected chi connectivity index (χ3v) is 5.69. The summed E-state index contributed by atoms with van der Waals surface area (Å²) in [6.45, 7) is 4.67. The van der Waals surface area contributed by atoms with Crippen molar-refractivity contribution in [3.05, 3.63) is 28.4 Å². The van der Waals surface area contributed by atoms with Gasteiger partial charge in [0.1, 0.15) is 4.83 Å². The first-order valence-corrected chi connectivity index (χ1v) is 8.96. The van der Waals surface area contributed by atoms with Crippen LogP contribution in [0, 0.1) is 6.92 Å². The van der Waals surface area contributed by atoms with Crippen molar-refractivity contribution in [1.82, 2.24) is 24.8 Å². The van der Waals surface area contributed by atoms with E-state index < -0.39 is 0 Å². The minimum Gasteiger partial charge on any atom is -0.339 e. The van der Waals surface area contributed by atoms with Crippen molar-refractivity contribution in [3.63, 3.8) is 0 Å². The van der Waals surface area contributed by atoms with E-state index >= 15 is 0 Å². The molecule has 8 heteroatoms. The molecule has 0 saturated carbocycles. The summed E-state index contributed by atoms with van der Waals surface area (Å²) in [6.07, 6.45) is 2.54. The normalized spacial score (nSPS) is 18.0. The number of aryl methyl sites for hydroxylation is 3. The van der Waals surface area contributed by atoms with Gasteiger partial charge >= 0.3 is 0 Å². The molecule has 7 nitrogen and oxygen atoms in total. The number of fused-ring (bicyclic) bond motifs is 1. The third-order valence-electron chi connectivity index (χ3n) is 4.50. The second-order valence-corrected chi connectivity index (χ2v) is 7.13. The van der Waals surface area contributed by atoms with Crippen molar-refractivity contribution in [2.45, 2.75) is 39.2 Å². The van der Waals surface area contributed by atoms with E-state index in [1.807, 2.05) is 36.5 Å². The van der Waals surface area contributed by atoms with Gasteiger partial charge in [-0.3, -0.25) is 9.48 Å². The molecule has 1 aliphatic heterocycles. The van der Waals surface area contributed by atoms with Crippen LogP contribution in [0.3, 0.4) is 0 Å². The van der Waals surface area contributed by atoms with E-state index in [-0.39, 0.29) is 11.9 Å². The smallest absolute Gasteiger partial charge is 0.264 e. The SMILES string of the molecule is CCc1nc(C2CCCN2C(=O)c2cc3c(C)nn(C)c3s2)no1. The molecule has 1 aliphatic rings. The molecule has 3 aromatic heterocycles. The van der Waals surface area contributed by atoms with Crippen LogP contribution in [0.1, 0.15) is 52.9 Å². The molecule has 0 bridgehead atoms. The highest BCUT2D eigenvalue weighted by molar-refractivity contribution is 7.20. The van der Waals surface area contributed by atoms with Crippen molar-refractivity contribution in [2.75, 3.05) is 6.54 Å². The van der Waals surface area contributed by atoms with E-state index in [9.17, 15) is 4.79 Å². The van der Waals surface area contributed by atoms with Crippen LogP contribution in [0.25, 0.3) is 10.2 Å². The van der Waals surface area contributed by atoms with Gasteiger partial charge in [-0.15, -0.1) is 11.3 Å². The predicted octanol–water partition coefficient (Wildman–Crippen LogP) is 2.87. The monoisotopic (exact) mass is 345 g/mol. The first-order valence-electron chi connectivity index (χ1n) is 8.15. The predicted molar refractivity (Wildman–Crippen MR) is 90.0 cm³/mol. The molecule has 126 valence electrons. The van der Waals surface area contributed by atoms with E-state index in [1.165, 1.54) is 11.3 Å². The van der Waals surface area contributed by atoms with E-state index in [0.29, 0.717) is 18.1 Å². The Morgan fingerprint density at radius 2 is 2.33 bits per heavy atom. The first-order chi connectivity index (χ1) is 11.6. The number of hydrogen-bond donors (Lipinski definition) is 0. The lowest BCUT2D eigenvalue weighted by molar-refractivity contribution is 0.0733. The minimum atomic E-state index is -0.0917. The molecule has 4 rings (SSSR count).